The molecule has 0 unspecified atom stereocenters. The second-order valence-electron chi connectivity index (χ2n) is 2.74. The Bertz CT molecular complexity index is 393. The zero-order valence-corrected chi connectivity index (χ0v) is 8.50. The molecule has 7 nitrogen and oxygen atoms in total. The van der Waals surface area contributed by atoms with Gasteiger partial charge in [0.1, 0.15) is 5.69 Å². The third kappa shape index (κ3) is 3.21. The van der Waals surface area contributed by atoms with E-state index in [1.807, 2.05) is 0 Å². The van der Waals surface area contributed by atoms with E-state index in [1.54, 1.807) is 6.07 Å². The molecule has 0 saturated heterocycles. The van der Waals surface area contributed by atoms with Gasteiger partial charge >= 0.3 is 5.97 Å². The van der Waals surface area contributed by atoms with Crippen LogP contribution in [0.25, 0.3) is 0 Å². The molecule has 0 aliphatic carbocycles. The Morgan fingerprint density at radius 2 is 2.19 bits per heavy atom. The highest BCUT2D eigenvalue weighted by Crippen LogP contribution is 2.22. The fourth-order valence-electron chi connectivity index (χ4n) is 0.951. The number of carbonyl (C=O) groups is 1. The molecular weight excluding hydrogens is 216 g/mol. The lowest BCUT2D eigenvalue weighted by Crippen LogP contribution is -2.14. The van der Waals surface area contributed by atoms with Gasteiger partial charge in [-0.1, -0.05) is 12.1 Å². The molecule has 86 valence electrons. The van der Waals surface area contributed by atoms with Crippen LogP contribution in [-0.2, 0) is 14.4 Å². The maximum atomic E-state index is 10.7. The minimum Gasteiger partial charge on any atom is -0.467 e. The zero-order valence-electron chi connectivity index (χ0n) is 8.50. The number of esters is 1. The Morgan fingerprint density at radius 3 is 2.81 bits per heavy atom. The van der Waals surface area contributed by atoms with E-state index >= 15 is 0 Å². The molecule has 0 aliphatic heterocycles. The molecule has 0 spiro atoms. The van der Waals surface area contributed by atoms with Gasteiger partial charge in [-0.3, -0.25) is 20.4 Å². The molecule has 1 rings (SSSR count). The van der Waals surface area contributed by atoms with Crippen LogP contribution in [0.2, 0.25) is 0 Å². The number of methoxy groups -OCH3 is 1. The summed E-state index contributed by atoms with van der Waals surface area (Å²) in [7, 11) is 1.22. The Hall–Kier alpha value is -2.15. The summed E-state index contributed by atoms with van der Waals surface area (Å²) in [6.07, 6.45) is 0. The molecule has 0 aromatic heterocycles. The average Bonchev–Trinajstić information content (AvgIpc) is 2.29. The Kier molecular flexibility index (Phi) is 4.22. The smallest absolute Gasteiger partial charge is 0.334 e. The number of nitrogens with zero attached hydrogens (tertiary/aromatic N) is 1. The molecule has 0 amide bonds. The maximum absolute atomic E-state index is 10.7. The molecule has 0 fully saturated rings. The summed E-state index contributed by atoms with van der Waals surface area (Å²) in [5, 5.41) is 10.6. The van der Waals surface area contributed by atoms with Crippen molar-refractivity contribution in [2.75, 3.05) is 19.2 Å². The zero-order chi connectivity index (χ0) is 12.0. The normalized spacial score (nSPS) is 9.56. The van der Waals surface area contributed by atoms with Crippen LogP contribution in [0.5, 0.6) is 0 Å². The molecule has 1 aromatic carbocycles. The van der Waals surface area contributed by atoms with Gasteiger partial charge in [-0.15, -0.1) is 0 Å². The number of hydrogen-bond donors (Lipinski definition) is 1. The first-order valence-electron chi connectivity index (χ1n) is 4.33. The maximum Gasteiger partial charge on any atom is 0.334 e. The molecule has 16 heavy (non-hydrogen) atoms. The number of ether oxygens (including phenoxy) is 1. The second kappa shape index (κ2) is 5.66. The monoisotopic (exact) mass is 226 g/mol. The number of nitro groups is 1. The van der Waals surface area contributed by atoms with Crippen LogP contribution in [0.15, 0.2) is 24.3 Å². The van der Waals surface area contributed by atoms with Crippen molar-refractivity contribution in [1.82, 2.24) is 0 Å². The lowest BCUT2D eigenvalue weighted by Gasteiger charge is -2.05. The van der Waals surface area contributed by atoms with Gasteiger partial charge in [0.05, 0.1) is 12.0 Å². The predicted molar refractivity (Wildman–Crippen MR) is 54.7 cm³/mol. The van der Waals surface area contributed by atoms with Crippen LogP contribution < -0.4 is 5.48 Å². The van der Waals surface area contributed by atoms with Crippen molar-refractivity contribution in [1.29, 1.82) is 0 Å². The van der Waals surface area contributed by atoms with Gasteiger partial charge in [-0.2, -0.15) is 0 Å². The van der Waals surface area contributed by atoms with Gasteiger partial charge in [0.2, 0.25) is 0 Å². The summed E-state index contributed by atoms with van der Waals surface area (Å²) in [5.74, 6) is -0.578. The first-order valence-corrected chi connectivity index (χ1v) is 4.33. The van der Waals surface area contributed by atoms with Crippen LogP contribution in [0, 0.1) is 10.1 Å². The topological polar surface area (TPSA) is 90.7 Å². The Labute approximate surface area is 91.1 Å². The standard InChI is InChI=1S/C9H10N2O5/c1-15-9(12)6-16-10-7-4-2-3-5-8(7)11(13)14/h2-5,10H,6H2,1H3. The number of anilines is 1. The number of benzene rings is 1. The second-order valence-corrected chi connectivity index (χ2v) is 2.74. The van der Waals surface area contributed by atoms with E-state index in [4.69, 9.17) is 4.84 Å². The van der Waals surface area contributed by atoms with Crippen molar-refractivity contribution in [2.45, 2.75) is 0 Å². The summed E-state index contributed by atoms with van der Waals surface area (Å²) in [5.41, 5.74) is 2.36. The molecule has 0 atom stereocenters. The highest BCUT2D eigenvalue weighted by atomic mass is 16.7. The van der Waals surface area contributed by atoms with Crippen LogP contribution in [-0.4, -0.2) is 24.6 Å². The van der Waals surface area contributed by atoms with Gasteiger partial charge in [0.15, 0.2) is 6.61 Å². The number of nitrogens with one attached hydrogen (secondary N) is 1. The van der Waals surface area contributed by atoms with Crippen molar-refractivity contribution in [3.63, 3.8) is 0 Å². The van der Waals surface area contributed by atoms with Crippen LogP contribution in [0.1, 0.15) is 0 Å². The van der Waals surface area contributed by atoms with Gasteiger partial charge < -0.3 is 4.74 Å². The van der Waals surface area contributed by atoms with E-state index in [1.165, 1.54) is 25.3 Å². The first kappa shape index (κ1) is 11.9. The third-order valence-electron chi connectivity index (χ3n) is 1.70. The van der Waals surface area contributed by atoms with Crippen molar-refractivity contribution >= 4 is 17.3 Å². The highest BCUT2D eigenvalue weighted by Gasteiger charge is 2.12. The number of hydrogen-bond acceptors (Lipinski definition) is 6. The van der Waals surface area contributed by atoms with Crippen LogP contribution >= 0.6 is 0 Å². The van der Waals surface area contributed by atoms with Crippen LogP contribution in [0.3, 0.4) is 0 Å². The molecule has 7 heteroatoms. The number of para-hydroxylation sites is 2. The third-order valence-corrected chi connectivity index (χ3v) is 1.70. The van der Waals surface area contributed by atoms with Crippen molar-refractivity contribution in [2.24, 2.45) is 0 Å². The van der Waals surface area contributed by atoms with Gasteiger partial charge in [-0.25, -0.2) is 4.79 Å². The van der Waals surface area contributed by atoms with Crippen LogP contribution in [0.4, 0.5) is 11.4 Å². The number of nitro benzene ring substituents is 1. The molecule has 0 aliphatic rings. The molecule has 0 heterocycles. The summed E-state index contributed by atoms with van der Waals surface area (Å²) in [6.45, 7) is -0.331. The van der Waals surface area contributed by atoms with E-state index < -0.39 is 10.9 Å². The van der Waals surface area contributed by atoms with Crippen molar-refractivity contribution < 1.29 is 19.3 Å². The number of rotatable bonds is 5. The fourth-order valence-corrected chi connectivity index (χ4v) is 0.951. The predicted octanol–water partition coefficient (Wildman–Crippen LogP) is 1.11. The average molecular weight is 226 g/mol. The minimum atomic E-state index is -0.578. The molecule has 0 radical (unpaired) electrons. The SMILES string of the molecule is COC(=O)CONc1ccccc1[N+](=O)[O-]. The fraction of sp³-hybridized carbons (Fsp3) is 0.222. The summed E-state index contributed by atoms with van der Waals surface area (Å²) in [4.78, 5) is 25.5. The van der Waals surface area contributed by atoms with Crippen molar-refractivity contribution in [3.8, 4) is 0 Å². The molecule has 1 N–H and O–H groups in total. The molecule has 1 aromatic rings. The molecule has 0 saturated carbocycles. The van der Waals surface area contributed by atoms with E-state index in [2.05, 4.69) is 10.2 Å². The Morgan fingerprint density at radius 1 is 1.50 bits per heavy atom. The minimum absolute atomic E-state index is 0.132. The highest BCUT2D eigenvalue weighted by molar-refractivity contribution is 5.70. The lowest BCUT2D eigenvalue weighted by atomic mass is 10.3. The largest absolute Gasteiger partial charge is 0.467 e. The van der Waals surface area contributed by atoms with Gasteiger partial charge in [-0.05, 0) is 6.07 Å². The van der Waals surface area contributed by atoms with Gasteiger partial charge in [0.25, 0.3) is 5.69 Å². The van der Waals surface area contributed by atoms with Crippen molar-refractivity contribution in [3.05, 3.63) is 34.4 Å². The Balaban J connectivity index is 2.60. The number of carbonyl (C=O) groups excluding carboxylic acids is 1. The quantitative estimate of drug-likeness (QED) is 0.459. The van der Waals surface area contributed by atoms with E-state index in [-0.39, 0.29) is 18.0 Å². The molecular formula is C9H10N2O5. The van der Waals surface area contributed by atoms with E-state index in [0.29, 0.717) is 0 Å². The van der Waals surface area contributed by atoms with E-state index in [9.17, 15) is 14.9 Å². The molecule has 0 bridgehead atoms. The summed E-state index contributed by atoms with van der Waals surface area (Å²) >= 11 is 0. The first-order chi connectivity index (χ1) is 7.65. The summed E-state index contributed by atoms with van der Waals surface area (Å²) in [6, 6.07) is 5.93. The lowest BCUT2D eigenvalue weighted by molar-refractivity contribution is -0.384. The summed E-state index contributed by atoms with van der Waals surface area (Å²) < 4.78 is 4.33. The van der Waals surface area contributed by atoms with Gasteiger partial charge in [0, 0.05) is 6.07 Å². The van der Waals surface area contributed by atoms with E-state index in [0.717, 1.165) is 0 Å².